The lowest BCUT2D eigenvalue weighted by molar-refractivity contribution is 0.286. The molecule has 1 fully saturated rings. The molecule has 9 nitrogen and oxygen atoms in total. The molecule has 1 aromatic carbocycles. The number of rotatable bonds is 8. The van der Waals surface area contributed by atoms with Gasteiger partial charge < -0.3 is 14.0 Å². The highest BCUT2D eigenvalue weighted by Crippen LogP contribution is 2.40. The molecule has 0 amide bonds. The molecular weight excluding hydrogens is 415 g/mol. The van der Waals surface area contributed by atoms with Gasteiger partial charge in [0.05, 0.1) is 19.1 Å². The van der Waals surface area contributed by atoms with Crippen LogP contribution in [0.25, 0.3) is 11.3 Å². The number of hydrogen-bond acceptors (Lipinski definition) is 8. The number of aromatic nitrogens is 3. The third kappa shape index (κ3) is 4.67. The normalized spacial score (nSPS) is 13.8. The maximum absolute atomic E-state index is 14.4. The highest BCUT2D eigenvalue weighted by molar-refractivity contribution is 7.92. The van der Waals surface area contributed by atoms with Crippen LogP contribution >= 0.6 is 0 Å². The Bertz CT molecular complexity index is 1180. The monoisotopic (exact) mass is 434 g/mol. The first kappa shape index (κ1) is 20.1. The molecule has 11 heteroatoms. The fourth-order valence-electron chi connectivity index (χ4n) is 2.84. The van der Waals surface area contributed by atoms with Crippen molar-refractivity contribution in [2.75, 3.05) is 18.1 Å². The van der Waals surface area contributed by atoms with Crippen molar-refractivity contribution in [3.8, 4) is 22.9 Å². The quantitative estimate of drug-likeness (QED) is 0.575. The van der Waals surface area contributed by atoms with E-state index in [1.807, 2.05) is 6.07 Å². The molecule has 0 spiro atoms. The Labute approximate surface area is 172 Å². The molecule has 0 atom stereocenters. The number of halogens is 1. The van der Waals surface area contributed by atoms with E-state index in [4.69, 9.17) is 14.0 Å². The van der Waals surface area contributed by atoms with Crippen molar-refractivity contribution < 1.29 is 26.8 Å². The van der Waals surface area contributed by atoms with E-state index in [1.165, 1.54) is 31.4 Å². The van der Waals surface area contributed by atoms with Gasteiger partial charge in [0, 0.05) is 17.5 Å². The maximum atomic E-state index is 14.4. The van der Waals surface area contributed by atoms with Crippen molar-refractivity contribution in [3.05, 3.63) is 47.6 Å². The van der Waals surface area contributed by atoms with Gasteiger partial charge in [-0.15, -0.1) is 10.2 Å². The molecule has 0 aliphatic heterocycles. The van der Waals surface area contributed by atoms with Crippen LogP contribution in [0.5, 0.6) is 11.6 Å². The average Bonchev–Trinajstić information content (AvgIpc) is 3.44. The summed E-state index contributed by atoms with van der Waals surface area (Å²) < 4.78 is 55.9. The number of benzene rings is 1. The first-order chi connectivity index (χ1) is 14.3. The van der Waals surface area contributed by atoms with Crippen molar-refractivity contribution in [2.45, 2.75) is 25.4 Å². The van der Waals surface area contributed by atoms with E-state index >= 15 is 0 Å². The van der Waals surface area contributed by atoms with Crippen LogP contribution in [0.3, 0.4) is 0 Å². The van der Waals surface area contributed by atoms with Crippen LogP contribution in [0.1, 0.15) is 30.2 Å². The zero-order chi connectivity index (χ0) is 21.3. The van der Waals surface area contributed by atoms with Crippen LogP contribution in [-0.4, -0.2) is 37.1 Å². The van der Waals surface area contributed by atoms with Gasteiger partial charge >= 0.3 is 0 Å². The summed E-state index contributed by atoms with van der Waals surface area (Å²) in [5.41, 5.74) is 0.901. The summed E-state index contributed by atoms with van der Waals surface area (Å²) in [4.78, 5) is 0. The largest absolute Gasteiger partial charge is 0.487 e. The van der Waals surface area contributed by atoms with Crippen LogP contribution in [0.2, 0.25) is 0 Å². The molecule has 2 heterocycles. The summed E-state index contributed by atoms with van der Waals surface area (Å²) in [7, 11) is -2.27. The van der Waals surface area contributed by atoms with E-state index in [2.05, 4.69) is 20.1 Å². The second-order valence-electron chi connectivity index (χ2n) is 6.95. The first-order valence-corrected chi connectivity index (χ1v) is 11.0. The van der Waals surface area contributed by atoms with Crippen LogP contribution in [0, 0.1) is 5.82 Å². The Balaban J connectivity index is 1.57. The molecule has 0 unspecified atom stereocenters. The van der Waals surface area contributed by atoms with Crippen LogP contribution in [-0.2, 0) is 16.6 Å². The Morgan fingerprint density at radius 3 is 2.73 bits per heavy atom. The summed E-state index contributed by atoms with van der Waals surface area (Å²) in [6.45, 7) is 0.163. The molecule has 30 heavy (non-hydrogen) atoms. The minimum atomic E-state index is -3.60. The van der Waals surface area contributed by atoms with Gasteiger partial charge in [-0.2, -0.15) is 0 Å². The van der Waals surface area contributed by atoms with E-state index in [-0.39, 0.29) is 29.4 Å². The standard InChI is InChI=1S/C19H19FN4O5S/c1-27-19-17(24-30(2,25)26)9-16(21-22-19)14-8-13(5-6-15(14)20)28-10-12-7-18(29-23-12)11-3-4-11/h5-9,11H,3-4,10H2,1-2H3,(H,21,24). The van der Waals surface area contributed by atoms with E-state index < -0.39 is 15.8 Å². The highest BCUT2D eigenvalue weighted by atomic mass is 32.2. The molecule has 4 rings (SSSR count). The summed E-state index contributed by atoms with van der Waals surface area (Å²) in [5.74, 6) is 1.09. The number of methoxy groups -OCH3 is 1. The molecule has 158 valence electrons. The summed E-state index contributed by atoms with van der Waals surface area (Å²) in [6, 6.07) is 7.37. The van der Waals surface area contributed by atoms with Gasteiger partial charge in [0.15, 0.2) is 0 Å². The lowest BCUT2D eigenvalue weighted by Crippen LogP contribution is -2.12. The summed E-state index contributed by atoms with van der Waals surface area (Å²) >= 11 is 0. The zero-order valence-electron chi connectivity index (χ0n) is 16.3. The number of ether oxygens (including phenoxy) is 2. The topological polar surface area (TPSA) is 116 Å². The molecule has 2 aromatic heterocycles. The fourth-order valence-corrected chi connectivity index (χ4v) is 3.39. The fraction of sp³-hybridized carbons (Fsp3) is 0.316. The number of sulfonamides is 1. The summed E-state index contributed by atoms with van der Waals surface area (Å²) in [5, 5.41) is 11.7. The van der Waals surface area contributed by atoms with Gasteiger partial charge in [0.2, 0.25) is 10.0 Å². The van der Waals surface area contributed by atoms with Crippen molar-refractivity contribution in [1.29, 1.82) is 0 Å². The molecule has 1 aliphatic rings. The van der Waals surface area contributed by atoms with Gasteiger partial charge in [-0.05, 0) is 37.1 Å². The Morgan fingerprint density at radius 1 is 1.23 bits per heavy atom. The molecule has 0 bridgehead atoms. The minimum absolute atomic E-state index is 0.0329. The third-order valence-electron chi connectivity index (χ3n) is 4.41. The smallest absolute Gasteiger partial charge is 0.257 e. The maximum Gasteiger partial charge on any atom is 0.257 e. The zero-order valence-corrected chi connectivity index (χ0v) is 17.1. The lowest BCUT2D eigenvalue weighted by atomic mass is 10.1. The number of hydrogen-bond donors (Lipinski definition) is 1. The SMILES string of the molecule is COc1nnc(-c2cc(OCc3cc(C4CC4)on3)ccc2F)cc1NS(C)(=O)=O. The third-order valence-corrected chi connectivity index (χ3v) is 5.00. The Hall–Kier alpha value is -3.21. The van der Waals surface area contributed by atoms with Crippen molar-refractivity contribution in [2.24, 2.45) is 0 Å². The van der Waals surface area contributed by atoms with Crippen LogP contribution < -0.4 is 14.2 Å². The number of anilines is 1. The molecule has 1 N–H and O–H groups in total. The molecule has 3 aromatic rings. The molecule has 0 radical (unpaired) electrons. The van der Waals surface area contributed by atoms with E-state index in [0.717, 1.165) is 24.9 Å². The average molecular weight is 434 g/mol. The predicted octanol–water partition coefficient (Wildman–Crippen LogP) is 3.11. The van der Waals surface area contributed by atoms with Crippen LogP contribution in [0.4, 0.5) is 10.1 Å². The van der Waals surface area contributed by atoms with Crippen LogP contribution in [0.15, 0.2) is 34.9 Å². The molecule has 0 saturated heterocycles. The van der Waals surface area contributed by atoms with Gasteiger partial charge in [-0.3, -0.25) is 4.72 Å². The Morgan fingerprint density at radius 2 is 2.03 bits per heavy atom. The Kier molecular flexibility index (Phi) is 5.29. The van der Waals surface area contributed by atoms with Crippen molar-refractivity contribution in [3.63, 3.8) is 0 Å². The van der Waals surface area contributed by atoms with Crippen molar-refractivity contribution in [1.82, 2.24) is 15.4 Å². The van der Waals surface area contributed by atoms with Gasteiger partial charge in [-0.1, -0.05) is 5.16 Å². The molecule has 1 aliphatic carbocycles. The highest BCUT2D eigenvalue weighted by Gasteiger charge is 2.27. The van der Waals surface area contributed by atoms with Crippen molar-refractivity contribution >= 4 is 15.7 Å². The van der Waals surface area contributed by atoms with Gasteiger partial charge in [0.1, 0.15) is 35.3 Å². The predicted molar refractivity (Wildman–Crippen MR) is 105 cm³/mol. The lowest BCUT2D eigenvalue weighted by Gasteiger charge is -2.11. The van der Waals surface area contributed by atoms with Gasteiger partial charge in [0.25, 0.3) is 5.88 Å². The second-order valence-corrected chi connectivity index (χ2v) is 8.70. The summed E-state index contributed by atoms with van der Waals surface area (Å²) in [6.07, 6.45) is 3.20. The second kappa shape index (κ2) is 7.90. The molecule has 1 saturated carbocycles. The minimum Gasteiger partial charge on any atom is -0.487 e. The number of nitrogens with one attached hydrogen (secondary N) is 1. The first-order valence-electron chi connectivity index (χ1n) is 9.10. The van der Waals surface area contributed by atoms with E-state index in [1.54, 1.807) is 0 Å². The van der Waals surface area contributed by atoms with E-state index in [0.29, 0.717) is 17.4 Å². The number of nitrogens with zero attached hydrogens (tertiary/aromatic N) is 3. The molecular formula is C19H19FN4O5S. The van der Waals surface area contributed by atoms with E-state index in [9.17, 15) is 12.8 Å². The van der Waals surface area contributed by atoms with Gasteiger partial charge in [-0.25, -0.2) is 12.8 Å².